The van der Waals surface area contributed by atoms with E-state index in [4.69, 9.17) is 0 Å². The van der Waals surface area contributed by atoms with Crippen LogP contribution in [-0.4, -0.2) is 16.6 Å². The van der Waals surface area contributed by atoms with Gasteiger partial charge < -0.3 is 5.32 Å². The highest BCUT2D eigenvalue weighted by Crippen LogP contribution is 2.25. The fourth-order valence-electron chi connectivity index (χ4n) is 2.44. The van der Waals surface area contributed by atoms with Crippen LogP contribution in [-0.2, 0) is 10.5 Å². The Labute approximate surface area is 150 Å². The standard InChI is InChI=1S/C19H20N2OS2/c1-14(15-7-3-2-4-8-15)20-18(22)11-12-23-13-19-21-16-9-5-6-10-17(16)24-19/h2-10,14H,11-13H2,1H3,(H,20,22)/t14-/m0/s1. The molecule has 2 aromatic carbocycles. The van der Waals surface area contributed by atoms with Crippen molar-refractivity contribution in [3.63, 3.8) is 0 Å². The number of benzene rings is 2. The summed E-state index contributed by atoms with van der Waals surface area (Å²) in [4.78, 5) is 16.7. The van der Waals surface area contributed by atoms with E-state index in [2.05, 4.69) is 16.4 Å². The lowest BCUT2D eigenvalue weighted by atomic mass is 10.1. The lowest BCUT2D eigenvalue weighted by Crippen LogP contribution is -2.26. The summed E-state index contributed by atoms with van der Waals surface area (Å²) in [5, 5.41) is 4.18. The third-order valence-corrected chi connectivity index (χ3v) is 5.90. The van der Waals surface area contributed by atoms with Crippen LogP contribution in [0.2, 0.25) is 0 Å². The molecule has 1 heterocycles. The Morgan fingerprint density at radius 2 is 1.92 bits per heavy atom. The molecule has 0 spiro atoms. The first-order valence-electron chi connectivity index (χ1n) is 7.99. The fourth-order valence-corrected chi connectivity index (χ4v) is 4.41. The molecule has 1 N–H and O–H groups in total. The van der Waals surface area contributed by atoms with Crippen LogP contribution in [0.1, 0.15) is 30.0 Å². The molecule has 0 saturated heterocycles. The number of thiazole rings is 1. The molecule has 0 saturated carbocycles. The molecule has 124 valence electrons. The van der Waals surface area contributed by atoms with Crippen LogP contribution in [0.4, 0.5) is 0 Å². The number of carbonyl (C=O) groups excluding carboxylic acids is 1. The summed E-state index contributed by atoms with van der Waals surface area (Å²) in [6.07, 6.45) is 0.534. The van der Waals surface area contributed by atoms with Crippen LogP contribution in [0, 0.1) is 0 Å². The van der Waals surface area contributed by atoms with Crippen LogP contribution in [0.15, 0.2) is 54.6 Å². The van der Waals surface area contributed by atoms with Gasteiger partial charge in [-0.15, -0.1) is 11.3 Å². The molecule has 1 amide bonds. The second-order valence-corrected chi connectivity index (χ2v) is 7.80. The highest BCUT2D eigenvalue weighted by Gasteiger charge is 2.09. The average molecular weight is 357 g/mol. The largest absolute Gasteiger partial charge is 0.350 e. The van der Waals surface area contributed by atoms with Crippen molar-refractivity contribution in [2.75, 3.05) is 5.75 Å². The number of aromatic nitrogens is 1. The molecular formula is C19H20N2OS2. The van der Waals surface area contributed by atoms with E-state index in [1.54, 1.807) is 23.1 Å². The van der Waals surface area contributed by atoms with Gasteiger partial charge in [0.15, 0.2) is 0 Å². The normalized spacial score (nSPS) is 12.2. The molecule has 3 aromatic rings. The van der Waals surface area contributed by atoms with Crippen molar-refractivity contribution in [1.29, 1.82) is 0 Å². The van der Waals surface area contributed by atoms with Gasteiger partial charge in [-0.3, -0.25) is 4.79 Å². The van der Waals surface area contributed by atoms with Crippen LogP contribution in [0.25, 0.3) is 10.2 Å². The number of para-hydroxylation sites is 1. The van der Waals surface area contributed by atoms with Gasteiger partial charge in [-0.05, 0) is 24.6 Å². The highest BCUT2D eigenvalue weighted by atomic mass is 32.2. The second-order valence-electron chi connectivity index (χ2n) is 5.58. The molecule has 1 atom stereocenters. The van der Waals surface area contributed by atoms with E-state index in [0.29, 0.717) is 6.42 Å². The lowest BCUT2D eigenvalue weighted by Gasteiger charge is -2.14. The smallest absolute Gasteiger partial charge is 0.221 e. The van der Waals surface area contributed by atoms with Crippen LogP contribution >= 0.6 is 23.1 Å². The van der Waals surface area contributed by atoms with E-state index in [9.17, 15) is 4.79 Å². The number of nitrogens with zero attached hydrogens (tertiary/aromatic N) is 1. The van der Waals surface area contributed by atoms with Crippen molar-refractivity contribution < 1.29 is 4.79 Å². The average Bonchev–Trinajstić information content (AvgIpc) is 3.02. The SMILES string of the molecule is C[C@H](NC(=O)CCSCc1nc2ccccc2s1)c1ccccc1. The summed E-state index contributed by atoms with van der Waals surface area (Å²) in [5.41, 5.74) is 2.19. The van der Waals surface area contributed by atoms with Crippen molar-refractivity contribution >= 4 is 39.2 Å². The zero-order chi connectivity index (χ0) is 16.8. The number of nitrogens with one attached hydrogen (secondary N) is 1. The Morgan fingerprint density at radius 3 is 2.71 bits per heavy atom. The Morgan fingerprint density at radius 1 is 1.17 bits per heavy atom. The van der Waals surface area contributed by atoms with Gasteiger partial charge in [0.2, 0.25) is 5.91 Å². The number of hydrogen-bond acceptors (Lipinski definition) is 4. The first kappa shape index (κ1) is 17.0. The fraction of sp³-hybridized carbons (Fsp3) is 0.263. The molecule has 0 fully saturated rings. The molecule has 0 unspecified atom stereocenters. The number of amides is 1. The van der Waals surface area contributed by atoms with Crippen molar-refractivity contribution in [2.45, 2.75) is 25.1 Å². The Kier molecular flexibility index (Phi) is 5.88. The van der Waals surface area contributed by atoms with Crippen molar-refractivity contribution in [1.82, 2.24) is 10.3 Å². The van der Waals surface area contributed by atoms with E-state index >= 15 is 0 Å². The van der Waals surface area contributed by atoms with Gasteiger partial charge in [-0.1, -0.05) is 42.5 Å². The number of rotatable bonds is 7. The van der Waals surface area contributed by atoms with E-state index in [0.717, 1.165) is 27.6 Å². The summed E-state index contributed by atoms with van der Waals surface area (Å²) in [7, 11) is 0. The van der Waals surface area contributed by atoms with E-state index in [-0.39, 0.29) is 11.9 Å². The first-order valence-corrected chi connectivity index (χ1v) is 9.96. The number of carbonyl (C=O) groups is 1. The van der Waals surface area contributed by atoms with Crippen molar-refractivity contribution in [3.05, 3.63) is 65.2 Å². The summed E-state index contributed by atoms with van der Waals surface area (Å²) in [5.74, 6) is 1.77. The third-order valence-electron chi connectivity index (χ3n) is 3.71. The summed E-state index contributed by atoms with van der Waals surface area (Å²) in [6.45, 7) is 2.02. The van der Waals surface area contributed by atoms with Crippen LogP contribution in [0.3, 0.4) is 0 Å². The Balaban J connectivity index is 1.40. The van der Waals surface area contributed by atoms with Gasteiger partial charge in [-0.25, -0.2) is 4.98 Å². The van der Waals surface area contributed by atoms with Crippen LogP contribution in [0.5, 0.6) is 0 Å². The highest BCUT2D eigenvalue weighted by molar-refractivity contribution is 7.98. The predicted molar refractivity (Wildman–Crippen MR) is 103 cm³/mol. The van der Waals surface area contributed by atoms with E-state index in [1.807, 2.05) is 55.5 Å². The molecule has 1 aromatic heterocycles. The maximum Gasteiger partial charge on any atom is 0.221 e. The van der Waals surface area contributed by atoms with E-state index < -0.39 is 0 Å². The van der Waals surface area contributed by atoms with E-state index in [1.165, 1.54) is 4.70 Å². The van der Waals surface area contributed by atoms with Crippen LogP contribution < -0.4 is 5.32 Å². The number of hydrogen-bond donors (Lipinski definition) is 1. The molecular weight excluding hydrogens is 336 g/mol. The van der Waals surface area contributed by atoms with Gasteiger partial charge in [-0.2, -0.15) is 11.8 Å². The molecule has 0 aliphatic heterocycles. The molecule has 5 heteroatoms. The summed E-state index contributed by atoms with van der Waals surface area (Å²) >= 11 is 3.49. The summed E-state index contributed by atoms with van der Waals surface area (Å²) in [6, 6.07) is 18.3. The Bertz CT molecular complexity index is 768. The molecule has 3 rings (SSSR count). The molecule has 0 aliphatic carbocycles. The minimum Gasteiger partial charge on any atom is -0.350 e. The third kappa shape index (κ3) is 4.58. The minimum atomic E-state index is 0.0490. The number of fused-ring (bicyclic) bond motifs is 1. The maximum absolute atomic E-state index is 12.0. The maximum atomic E-state index is 12.0. The van der Waals surface area contributed by atoms with Crippen molar-refractivity contribution in [3.8, 4) is 0 Å². The molecule has 24 heavy (non-hydrogen) atoms. The minimum absolute atomic E-state index is 0.0490. The first-order chi connectivity index (χ1) is 11.7. The molecule has 0 radical (unpaired) electrons. The number of thioether (sulfide) groups is 1. The van der Waals surface area contributed by atoms with Gasteiger partial charge in [0.25, 0.3) is 0 Å². The predicted octanol–water partition coefficient (Wildman–Crippen LogP) is 4.80. The zero-order valence-electron chi connectivity index (χ0n) is 13.6. The van der Waals surface area contributed by atoms with Gasteiger partial charge >= 0.3 is 0 Å². The van der Waals surface area contributed by atoms with Gasteiger partial charge in [0.1, 0.15) is 5.01 Å². The molecule has 3 nitrogen and oxygen atoms in total. The van der Waals surface area contributed by atoms with Gasteiger partial charge in [0.05, 0.1) is 16.3 Å². The topological polar surface area (TPSA) is 42.0 Å². The Hall–Kier alpha value is -1.85. The quantitative estimate of drug-likeness (QED) is 0.619. The summed E-state index contributed by atoms with van der Waals surface area (Å²) < 4.78 is 1.22. The molecule has 0 bridgehead atoms. The van der Waals surface area contributed by atoms with Crippen molar-refractivity contribution in [2.24, 2.45) is 0 Å². The monoisotopic (exact) mass is 356 g/mol. The molecule has 0 aliphatic rings. The van der Waals surface area contributed by atoms with Gasteiger partial charge in [0, 0.05) is 17.9 Å². The lowest BCUT2D eigenvalue weighted by molar-refractivity contribution is -0.121. The second kappa shape index (κ2) is 8.31. The zero-order valence-corrected chi connectivity index (χ0v) is 15.2.